The molecular formula is C13H21NO4. The maximum absolute atomic E-state index is 11.4. The van der Waals surface area contributed by atoms with Gasteiger partial charge in [-0.2, -0.15) is 0 Å². The van der Waals surface area contributed by atoms with E-state index >= 15 is 0 Å². The smallest absolute Gasteiger partial charge is 0.407 e. The van der Waals surface area contributed by atoms with Crippen LogP contribution in [-0.4, -0.2) is 30.3 Å². The lowest BCUT2D eigenvalue weighted by atomic mass is 9.71. The Bertz CT molecular complexity index is 319. The van der Waals surface area contributed by atoms with Gasteiger partial charge < -0.3 is 15.2 Å². The molecule has 5 nitrogen and oxygen atoms in total. The van der Waals surface area contributed by atoms with E-state index in [9.17, 15) is 14.7 Å². The molecule has 1 fully saturated rings. The maximum atomic E-state index is 11.4. The minimum atomic E-state index is -0.835. The lowest BCUT2D eigenvalue weighted by molar-refractivity contribution is -0.151. The summed E-state index contributed by atoms with van der Waals surface area (Å²) in [5.74, 6) is -0.274. The monoisotopic (exact) mass is 255 g/mol. The van der Waals surface area contributed by atoms with E-state index in [0.717, 1.165) is 12.8 Å². The van der Waals surface area contributed by atoms with Gasteiger partial charge in [-0.1, -0.05) is 19.6 Å². The zero-order valence-electron chi connectivity index (χ0n) is 10.8. The van der Waals surface area contributed by atoms with Crippen LogP contribution in [0.25, 0.3) is 0 Å². The number of alkyl carbamates (subject to hydrolysis) is 1. The lowest BCUT2D eigenvalue weighted by Crippen LogP contribution is -2.45. The Labute approximate surface area is 107 Å². The Morgan fingerprint density at radius 1 is 1.50 bits per heavy atom. The molecule has 0 heterocycles. The Morgan fingerprint density at radius 2 is 2.11 bits per heavy atom. The van der Waals surface area contributed by atoms with E-state index < -0.39 is 17.5 Å². The van der Waals surface area contributed by atoms with Crippen LogP contribution in [0.3, 0.4) is 0 Å². The van der Waals surface area contributed by atoms with Crippen molar-refractivity contribution in [3.05, 3.63) is 12.7 Å². The van der Waals surface area contributed by atoms with Crippen LogP contribution in [0.5, 0.6) is 0 Å². The standard InChI is InChI=1S/C13H21NO4/c1-3-8-18-12(17)14-9-13(11(15)16)6-4-10(2)5-7-13/h3,10H,1,4-9H2,2H3,(H,14,17)(H,15,16). The fraction of sp³-hybridized carbons (Fsp3) is 0.692. The molecule has 102 valence electrons. The summed E-state index contributed by atoms with van der Waals surface area (Å²) >= 11 is 0. The molecule has 0 aromatic heterocycles. The van der Waals surface area contributed by atoms with Gasteiger partial charge in [0.25, 0.3) is 0 Å². The molecule has 1 aliphatic carbocycles. The van der Waals surface area contributed by atoms with Crippen molar-refractivity contribution in [2.75, 3.05) is 13.2 Å². The van der Waals surface area contributed by atoms with Gasteiger partial charge in [-0.25, -0.2) is 4.79 Å². The van der Waals surface area contributed by atoms with Gasteiger partial charge in [0.2, 0.25) is 0 Å². The first kappa shape index (κ1) is 14.5. The molecule has 0 bridgehead atoms. The fourth-order valence-corrected chi connectivity index (χ4v) is 2.21. The zero-order valence-corrected chi connectivity index (χ0v) is 10.8. The van der Waals surface area contributed by atoms with Crippen LogP contribution in [0.1, 0.15) is 32.6 Å². The van der Waals surface area contributed by atoms with E-state index in [1.807, 2.05) is 0 Å². The number of hydrogen-bond acceptors (Lipinski definition) is 3. The molecule has 2 N–H and O–H groups in total. The highest BCUT2D eigenvalue weighted by Crippen LogP contribution is 2.38. The van der Waals surface area contributed by atoms with Crippen LogP contribution in [0, 0.1) is 11.3 Å². The van der Waals surface area contributed by atoms with E-state index in [4.69, 9.17) is 4.74 Å². The number of rotatable bonds is 5. The Morgan fingerprint density at radius 3 is 2.61 bits per heavy atom. The number of carbonyl (C=O) groups excluding carboxylic acids is 1. The topological polar surface area (TPSA) is 75.6 Å². The molecule has 1 saturated carbocycles. The first-order valence-electron chi connectivity index (χ1n) is 6.25. The second-order valence-electron chi connectivity index (χ2n) is 5.01. The summed E-state index contributed by atoms with van der Waals surface area (Å²) in [6.07, 6.45) is 3.85. The zero-order chi connectivity index (χ0) is 13.6. The predicted octanol–water partition coefficient (Wildman–Crippen LogP) is 2.18. The average Bonchev–Trinajstić information content (AvgIpc) is 2.35. The number of carboxylic acids is 1. The van der Waals surface area contributed by atoms with Crippen LogP contribution in [0.15, 0.2) is 12.7 Å². The third-order valence-electron chi connectivity index (χ3n) is 3.59. The first-order chi connectivity index (χ1) is 8.50. The van der Waals surface area contributed by atoms with E-state index in [0.29, 0.717) is 18.8 Å². The van der Waals surface area contributed by atoms with Gasteiger partial charge in [-0.05, 0) is 31.6 Å². The maximum Gasteiger partial charge on any atom is 0.407 e. The van der Waals surface area contributed by atoms with Crippen molar-refractivity contribution < 1.29 is 19.4 Å². The van der Waals surface area contributed by atoms with Crippen molar-refractivity contribution in [2.45, 2.75) is 32.6 Å². The molecule has 0 aliphatic heterocycles. The number of hydrogen-bond donors (Lipinski definition) is 2. The average molecular weight is 255 g/mol. The summed E-state index contributed by atoms with van der Waals surface area (Å²) in [5.41, 5.74) is -0.834. The number of carbonyl (C=O) groups is 2. The molecule has 1 aliphatic rings. The third kappa shape index (κ3) is 3.75. The Hall–Kier alpha value is -1.52. The fourth-order valence-electron chi connectivity index (χ4n) is 2.21. The minimum absolute atomic E-state index is 0.128. The molecule has 5 heteroatoms. The van der Waals surface area contributed by atoms with Gasteiger partial charge in [-0.3, -0.25) is 4.79 Å². The first-order valence-corrected chi connectivity index (χ1v) is 6.25. The highest BCUT2D eigenvalue weighted by Gasteiger charge is 2.41. The number of aliphatic carboxylic acids is 1. The molecule has 18 heavy (non-hydrogen) atoms. The second kappa shape index (κ2) is 6.42. The number of ether oxygens (including phenoxy) is 1. The minimum Gasteiger partial charge on any atom is -0.481 e. The van der Waals surface area contributed by atoms with Crippen molar-refractivity contribution in [2.24, 2.45) is 11.3 Å². The van der Waals surface area contributed by atoms with Crippen molar-refractivity contribution in [1.29, 1.82) is 0 Å². The van der Waals surface area contributed by atoms with E-state index in [1.165, 1.54) is 6.08 Å². The normalized spacial score (nSPS) is 27.3. The van der Waals surface area contributed by atoms with E-state index in [1.54, 1.807) is 0 Å². The molecular weight excluding hydrogens is 234 g/mol. The number of nitrogens with one attached hydrogen (secondary N) is 1. The van der Waals surface area contributed by atoms with Crippen LogP contribution in [-0.2, 0) is 9.53 Å². The Kier molecular flexibility index (Phi) is 5.19. The van der Waals surface area contributed by atoms with Gasteiger partial charge in [-0.15, -0.1) is 0 Å². The van der Waals surface area contributed by atoms with Crippen LogP contribution in [0.2, 0.25) is 0 Å². The molecule has 0 spiro atoms. The summed E-state index contributed by atoms with van der Waals surface area (Å²) in [5, 5.41) is 11.9. The molecule has 0 saturated heterocycles. The summed E-state index contributed by atoms with van der Waals surface area (Å²) in [6.45, 7) is 5.81. The summed E-state index contributed by atoms with van der Waals surface area (Å²) in [7, 11) is 0. The van der Waals surface area contributed by atoms with Crippen LogP contribution in [0.4, 0.5) is 4.79 Å². The summed E-state index contributed by atoms with van der Waals surface area (Å²) in [6, 6.07) is 0. The van der Waals surface area contributed by atoms with Crippen molar-refractivity contribution in [3.63, 3.8) is 0 Å². The van der Waals surface area contributed by atoms with Gasteiger partial charge in [0, 0.05) is 6.54 Å². The predicted molar refractivity (Wildman–Crippen MR) is 67.2 cm³/mol. The largest absolute Gasteiger partial charge is 0.481 e. The quantitative estimate of drug-likeness (QED) is 0.738. The molecule has 0 radical (unpaired) electrons. The third-order valence-corrected chi connectivity index (χ3v) is 3.59. The van der Waals surface area contributed by atoms with Crippen molar-refractivity contribution in [1.82, 2.24) is 5.32 Å². The van der Waals surface area contributed by atoms with Crippen molar-refractivity contribution >= 4 is 12.1 Å². The van der Waals surface area contributed by atoms with Gasteiger partial charge in [0.15, 0.2) is 0 Å². The molecule has 0 atom stereocenters. The Balaban J connectivity index is 2.51. The van der Waals surface area contributed by atoms with E-state index in [-0.39, 0.29) is 13.2 Å². The lowest BCUT2D eigenvalue weighted by Gasteiger charge is -2.35. The van der Waals surface area contributed by atoms with Crippen molar-refractivity contribution in [3.8, 4) is 0 Å². The molecule has 1 amide bonds. The molecule has 1 rings (SSSR count). The number of amides is 1. The summed E-state index contributed by atoms with van der Waals surface area (Å²) in [4.78, 5) is 22.7. The SMILES string of the molecule is C=CCOC(=O)NCC1(C(=O)O)CCC(C)CC1. The van der Waals surface area contributed by atoms with Gasteiger partial charge in [0.1, 0.15) is 6.61 Å². The van der Waals surface area contributed by atoms with E-state index in [2.05, 4.69) is 18.8 Å². The highest BCUT2D eigenvalue weighted by atomic mass is 16.5. The highest BCUT2D eigenvalue weighted by molar-refractivity contribution is 5.76. The van der Waals surface area contributed by atoms with Crippen LogP contribution >= 0.6 is 0 Å². The molecule has 0 aromatic carbocycles. The number of carboxylic acid groups (broad SMARTS) is 1. The summed E-state index contributed by atoms with van der Waals surface area (Å²) < 4.78 is 4.77. The van der Waals surface area contributed by atoms with Gasteiger partial charge >= 0.3 is 12.1 Å². The second-order valence-corrected chi connectivity index (χ2v) is 5.01. The molecule has 0 aromatic rings. The van der Waals surface area contributed by atoms with Gasteiger partial charge in [0.05, 0.1) is 5.41 Å². The van der Waals surface area contributed by atoms with Crippen LogP contribution < -0.4 is 5.32 Å². The molecule has 0 unspecified atom stereocenters.